The summed E-state index contributed by atoms with van der Waals surface area (Å²) in [7, 11) is 2.53. The fourth-order valence-corrected chi connectivity index (χ4v) is 9.94. The van der Waals surface area contributed by atoms with Crippen LogP contribution in [-0.4, -0.2) is 180 Å². The zero-order chi connectivity index (χ0) is 49.1. The fraction of sp³-hybridized carbons (Fsp3) is 0.739. The molecular weight excluding hydrogens is 877 g/mol. The average molecular weight is 953 g/mol. The molecule has 5 amide bonds. The Bertz CT molecular complexity index is 1840. The molecule has 0 radical (unpaired) electrons. The molecule has 1 aromatic carbocycles. The lowest BCUT2D eigenvalue weighted by Gasteiger charge is -2.39. The number of hydrogen-bond acceptors (Lipinski definition) is 13. The number of nitrogens with zero attached hydrogens (tertiary/aromatic N) is 3. The van der Waals surface area contributed by atoms with Crippen LogP contribution in [0, 0.1) is 17.8 Å². The van der Waals surface area contributed by atoms with Crippen LogP contribution in [0.5, 0.6) is 0 Å². The number of rotatable bonds is 31. The average Bonchev–Trinajstić information content (AvgIpc) is 4.04. The maximum absolute atomic E-state index is 14.3. The van der Waals surface area contributed by atoms with Gasteiger partial charge in [-0.2, -0.15) is 0 Å². The molecule has 374 valence electrons. The van der Waals surface area contributed by atoms with Gasteiger partial charge in [0.25, 0.3) is 5.91 Å². The quantitative estimate of drug-likeness (QED) is 0.0778. The molecule has 1 aliphatic heterocycles. The molecule has 1 aromatic rings. The number of carboxylic acid groups (broad SMARTS) is 1. The third-order valence-electron chi connectivity index (χ3n) is 12.6. The van der Waals surface area contributed by atoms with E-state index in [1.165, 1.54) is 14.2 Å². The van der Waals surface area contributed by atoms with Gasteiger partial charge in [-0.15, -0.1) is 0 Å². The van der Waals surface area contributed by atoms with Gasteiger partial charge in [0.2, 0.25) is 33.7 Å². The van der Waals surface area contributed by atoms with Crippen LogP contribution in [0.2, 0.25) is 0 Å². The summed E-state index contributed by atoms with van der Waals surface area (Å²) in [5.41, 5.74) is 0.726. The van der Waals surface area contributed by atoms with Gasteiger partial charge >= 0.3 is 5.97 Å². The molecule has 1 heterocycles. The number of likely N-dealkylation sites (tertiary alicyclic amines) is 1. The van der Waals surface area contributed by atoms with E-state index in [-0.39, 0.29) is 75.2 Å². The second-order valence-corrected chi connectivity index (χ2v) is 19.8. The van der Waals surface area contributed by atoms with Crippen LogP contribution in [0.1, 0.15) is 85.1 Å². The number of carboxylic acids is 1. The summed E-state index contributed by atoms with van der Waals surface area (Å²) in [5.74, 6) is -4.27. The zero-order valence-electron chi connectivity index (χ0n) is 40.4. The molecule has 1 aliphatic carbocycles. The van der Waals surface area contributed by atoms with Crippen LogP contribution in [-0.2, 0) is 64.2 Å². The van der Waals surface area contributed by atoms with E-state index < -0.39 is 75.4 Å². The van der Waals surface area contributed by atoms with Gasteiger partial charge in [0.15, 0.2) is 0 Å². The molecule has 2 fully saturated rings. The van der Waals surface area contributed by atoms with Crippen LogP contribution >= 0.6 is 0 Å². The van der Waals surface area contributed by atoms with Gasteiger partial charge in [-0.25, -0.2) is 8.42 Å². The maximum Gasteiger partial charge on any atom is 0.305 e. The van der Waals surface area contributed by atoms with Crippen LogP contribution in [0.3, 0.4) is 0 Å². The molecule has 1 unspecified atom stereocenters. The number of hydrogen-bond donors (Lipinski definition) is 4. The van der Waals surface area contributed by atoms with Gasteiger partial charge in [0.05, 0.1) is 87.3 Å². The normalized spacial score (nSPS) is 18.5. The first kappa shape index (κ1) is 56.1. The van der Waals surface area contributed by atoms with Crippen molar-refractivity contribution in [2.45, 2.75) is 128 Å². The summed E-state index contributed by atoms with van der Waals surface area (Å²) >= 11 is 0. The Balaban J connectivity index is 1.65. The smallest absolute Gasteiger partial charge is 0.305 e. The molecular formula is C46H76N6O13S. The summed E-state index contributed by atoms with van der Waals surface area (Å²) < 4.78 is 50.3. The lowest BCUT2D eigenvalue weighted by molar-refractivity contribution is -0.146. The first-order valence-electron chi connectivity index (χ1n) is 23.1. The highest BCUT2D eigenvalue weighted by molar-refractivity contribution is 7.90. The van der Waals surface area contributed by atoms with Gasteiger partial charge in [-0.3, -0.25) is 38.4 Å². The monoisotopic (exact) mass is 953 g/mol. The molecule has 1 saturated carbocycles. The van der Waals surface area contributed by atoms with Gasteiger partial charge in [-0.05, 0) is 50.1 Å². The number of ether oxygens (including phenoxy) is 4. The predicted molar refractivity (Wildman–Crippen MR) is 246 cm³/mol. The molecule has 3 rings (SSSR count). The van der Waals surface area contributed by atoms with Crippen molar-refractivity contribution < 1.29 is 61.2 Å². The number of aliphatic carboxylic acids is 1. The van der Waals surface area contributed by atoms with E-state index in [4.69, 9.17) is 24.1 Å². The number of methoxy groups -OCH3 is 2. The Hall–Kier alpha value is -4.21. The van der Waals surface area contributed by atoms with Crippen molar-refractivity contribution >= 4 is 45.5 Å². The number of sulfonamides is 1. The molecule has 0 bridgehead atoms. The highest BCUT2D eigenvalue weighted by Gasteiger charge is 2.43. The van der Waals surface area contributed by atoms with Crippen molar-refractivity contribution in [3.63, 3.8) is 0 Å². The second kappa shape index (κ2) is 27.6. The van der Waals surface area contributed by atoms with E-state index in [2.05, 4.69) is 15.4 Å². The van der Waals surface area contributed by atoms with Gasteiger partial charge in [0, 0.05) is 40.8 Å². The number of amides is 5. The van der Waals surface area contributed by atoms with Crippen molar-refractivity contribution in [1.82, 2.24) is 30.1 Å². The lowest BCUT2D eigenvalue weighted by atomic mass is 9.90. The summed E-state index contributed by atoms with van der Waals surface area (Å²) in [6, 6.07) is 6.18. The van der Waals surface area contributed by atoms with E-state index in [0.29, 0.717) is 51.8 Å². The Morgan fingerprint density at radius 3 is 2.11 bits per heavy atom. The highest BCUT2D eigenvalue weighted by Crippen LogP contribution is 2.30. The summed E-state index contributed by atoms with van der Waals surface area (Å²) in [5, 5.41) is 13.7. The van der Waals surface area contributed by atoms with Crippen LogP contribution in [0.4, 0.5) is 0 Å². The van der Waals surface area contributed by atoms with Crippen molar-refractivity contribution in [1.29, 1.82) is 0 Å². The lowest BCUT2D eigenvalue weighted by Crippen LogP contribution is -2.56. The SMILES string of the molecule is CC[C@H](C)[C@@H]([C@@H](CC(=O)N1CCC[C@H]1[C@H](OC)[C@@H](C)C(=O)N[C@@H](Cc1ccccc1)C(=O)NS(=O)(=O)C1CC1)OC)N(C)C(=O)CNC(=O)C(C(C)C)N(C)CCOCCOCCC(=O)O. The van der Waals surface area contributed by atoms with E-state index >= 15 is 0 Å². The van der Waals surface area contributed by atoms with Crippen LogP contribution in [0.25, 0.3) is 0 Å². The van der Waals surface area contributed by atoms with Crippen molar-refractivity contribution in [2.24, 2.45) is 17.8 Å². The van der Waals surface area contributed by atoms with Crippen LogP contribution in [0.15, 0.2) is 30.3 Å². The topological polar surface area (TPSA) is 240 Å². The van der Waals surface area contributed by atoms with Crippen molar-refractivity contribution in [2.75, 3.05) is 74.4 Å². The Morgan fingerprint density at radius 2 is 1.53 bits per heavy atom. The van der Waals surface area contributed by atoms with Crippen molar-refractivity contribution in [3.8, 4) is 0 Å². The number of carbonyl (C=O) groups excluding carboxylic acids is 5. The summed E-state index contributed by atoms with van der Waals surface area (Å²) in [6.45, 7) is 10.9. The fourth-order valence-electron chi connectivity index (χ4n) is 8.59. The first-order valence-corrected chi connectivity index (χ1v) is 24.7. The standard InChI is InChI=1S/C46H76N6O13S/c1-10-31(4)42(51(7)39(54)29-47-46(59)41(30(2)3)50(6)22-24-65-26-25-64-23-20-40(55)56)37(62-8)28-38(53)52-21-14-17-36(52)43(63-9)32(5)44(57)48-35(27-33-15-12-11-13-16-33)45(58)49-66(60,61)34-18-19-34/h11-13,15-16,30-32,34-37,41-43H,10,14,17-29H2,1-9H3,(H,47,59)(H,48,57)(H,49,58)(H,55,56)/t31-,32+,35-,36-,37+,41?,42-,43+/m0/s1. The minimum Gasteiger partial charge on any atom is -0.481 e. The molecule has 66 heavy (non-hydrogen) atoms. The van der Waals surface area contributed by atoms with Crippen LogP contribution < -0.4 is 15.4 Å². The largest absolute Gasteiger partial charge is 0.481 e. The number of nitrogens with one attached hydrogen (secondary N) is 3. The molecule has 2 aliphatic rings. The third kappa shape index (κ3) is 17.1. The van der Waals surface area contributed by atoms with Gasteiger partial charge in [0.1, 0.15) is 6.04 Å². The second-order valence-electron chi connectivity index (χ2n) is 17.9. The molecule has 8 atom stereocenters. The minimum absolute atomic E-state index is 0.0559. The Labute approximate surface area is 391 Å². The molecule has 0 aromatic heterocycles. The van der Waals surface area contributed by atoms with Gasteiger partial charge in [-0.1, -0.05) is 71.4 Å². The maximum atomic E-state index is 14.3. The minimum atomic E-state index is -3.88. The molecule has 1 saturated heterocycles. The van der Waals surface area contributed by atoms with Crippen molar-refractivity contribution in [3.05, 3.63) is 35.9 Å². The Morgan fingerprint density at radius 1 is 0.879 bits per heavy atom. The Kier molecular flexibility index (Phi) is 23.4. The molecule has 4 N–H and O–H groups in total. The molecule has 20 heteroatoms. The van der Waals surface area contributed by atoms with E-state index in [1.807, 2.05) is 38.7 Å². The molecule has 0 spiro atoms. The third-order valence-corrected chi connectivity index (χ3v) is 14.5. The predicted octanol–water partition coefficient (Wildman–Crippen LogP) is 1.82. The number of carbonyl (C=O) groups is 6. The number of benzene rings is 1. The summed E-state index contributed by atoms with van der Waals surface area (Å²) in [6.07, 6.45) is 1.20. The zero-order valence-corrected chi connectivity index (χ0v) is 41.2. The van der Waals surface area contributed by atoms with E-state index in [1.54, 1.807) is 55.1 Å². The first-order chi connectivity index (χ1) is 31.3. The van der Waals surface area contributed by atoms with Gasteiger partial charge < -0.3 is 44.5 Å². The summed E-state index contributed by atoms with van der Waals surface area (Å²) in [4.78, 5) is 84.6. The van der Waals surface area contributed by atoms with E-state index in [0.717, 1.165) is 5.56 Å². The molecule has 19 nitrogen and oxygen atoms in total. The number of likely N-dealkylation sites (N-methyl/N-ethyl adjacent to an activating group) is 2. The van der Waals surface area contributed by atoms with E-state index in [9.17, 15) is 37.2 Å². The highest BCUT2D eigenvalue weighted by atomic mass is 32.2.